The third-order valence-corrected chi connectivity index (χ3v) is 4.90. The summed E-state index contributed by atoms with van der Waals surface area (Å²) in [6.07, 6.45) is 0. The van der Waals surface area contributed by atoms with Crippen molar-refractivity contribution in [3.05, 3.63) is 22.8 Å². The highest BCUT2D eigenvalue weighted by atomic mass is 32.2. The second kappa shape index (κ2) is 5.87. The van der Waals surface area contributed by atoms with Gasteiger partial charge < -0.3 is 15.9 Å². The number of hydrogen-bond donors (Lipinski definition) is 4. The van der Waals surface area contributed by atoms with Crippen molar-refractivity contribution in [3.8, 4) is 0 Å². The highest BCUT2D eigenvalue weighted by Gasteiger charge is 2.24. The molecule has 0 heterocycles. The maximum atomic E-state index is 12.3. The number of aliphatic hydroxyl groups is 2. The minimum Gasteiger partial charge on any atom is -0.398 e. The molecule has 7 heteroatoms. The summed E-state index contributed by atoms with van der Waals surface area (Å²) in [5.74, 6) is 0. The van der Waals surface area contributed by atoms with Gasteiger partial charge in [-0.25, -0.2) is 13.1 Å². The molecule has 0 saturated carbocycles. The Morgan fingerprint density at radius 1 is 1.21 bits per heavy atom. The Morgan fingerprint density at radius 2 is 1.74 bits per heavy atom. The number of hydrogen-bond acceptors (Lipinski definition) is 5. The lowest BCUT2D eigenvalue weighted by Gasteiger charge is -2.19. The number of aliphatic hydroxyl groups excluding tert-OH is 2. The lowest BCUT2D eigenvalue weighted by Crippen LogP contribution is -2.40. The van der Waals surface area contributed by atoms with Crippen LogP contribution >= 0.6 is 0 Å². The number of nitrogen functional groups attached to an aromatic ring is 1. The summed E-state index contributed by atoms with van der Waals surface area (Å²) in [5.41, 5.74) is 8.03. The van der Waals surface area contributed by atoms with E-state index in [1.54, 1.807) is 26.8 Å². The third kappa shape index (κ3) is 3.24. The van der Waals surface area contributed by atoms with Gasteiger partial charge in [0.05, 0.1) is 24.2 Å². The molecule has 108 valence electrons. The van der Waals surface area contributed by atoms with E-state index in [0.29, 0.717) is 16.8 Å². The first-order chi connectivity index (χ1) is 8.74. The van der Waals surface area contributed by atoms with Crippen molar-refractivity contribution in [2.75, 3.05) is 18.9 Å². The fourth-order valence-corrected chi connectivity index (χ4v) is 3.65. The van der Waals surface area contributed by atoms with Crippen molar-refractivity contribution < 1.29 is 18.6 Å². The van der Waals surface area contributed by atoms with E-state index in [0.717, 1.165) is 5.56 Å². The van der Waals surface area contributed by atoms with Crippen LogP contribution in [0.5, 0.6) is 0 Å². The zero-order valence-electron chi connectivity index (χ0n) is 11.3. The topological polar surface area (TPSA) is 113 Å². The molecule has 0 saturated heterocycles. The van der Waals surface area contributed by atoms with Crippen LogP contribution in [0.1, 0.15) is 16.7 Å². The summed E-state index contributed by atoms with van der Waals surface area (Å²) in [4.78, 5) is 0.108. The van der Waals surface area contributed by atoms with Gasteiger partial charge in [0.2, 0.25) is 10.0 Å². The first-order valence-corrected chi connectivity index (χ1v) is 7.33. The molecule has 0 aliphatic carbocycles. The van der Waals surface area contributed by atoms with Crippen LogP contribution in [-0.2, 0) is 10.0 Å². The van der Waals surface area contributed by atoms with Gasteiger partial charge in [0.15, 0.2) is 0 Å². The minimum atomic E-state index is -3.84. The number of aryl methyl sites for hydroxylation is 1. The average molecular weight is 288 g/mol. The normalized spacial score (nSPS) is 12.1. The lowest BCUT2D eigenvalue weighted by molar-refractivity contribution is 0.185. The Hall–Kier alpha value is -1.15. The average Bonchev–Trinajstić information content (AvgIpc) is 2.33. The molecule has 1 aromatic carbocycles. The molecule has 0 unspecified atom stereocenters. The molecule has 0 amide bonds. The zero-order valence-corrected chi connectivity index (χ0v) is 12.1. The molecule has 0 aliphatic rings. The summed E-state index contributed by atoms with van der Waals surface area (Å²) in [6, 6.07) is 0.796. The monoisotopic (exact) mass is 288 g/mol. The Bertz CT molecular complexity index is 539. The second-order valence-corrected chi connectivity index (χ2v) is 6.20. The third-order valence-electron chi connectivity index (χ3n) is 3.11. The van der Waals surface area contributed by atoms with Crippen molar-refractivity contribution in [1.82, 2.24) is 4.72 Å². The van der Waals surface area contributed by atoms with Gasteiger partial charge in [-0.1, -0.05) is 0 Å². The highest BCUT2D eigenvalue weighted by Crippen LogP contribution is 2.27. The van der Waals surface area contributed by atoms with Crippen LogP contribution in [0.2, 0.25) is 0 Å². The van der Waals surface area contributed by atoms with Crippen molar-refractivity contribution >= 4 is 15.7 Å². The van der Waals surface area contributed by atoms with Crippen LogP contribution in [0.4, 0.5) is 5.69 Å². The number of benzene rings is 1. The van der Waals surface area contributed by atoms with E-state index in [2.05, 4.69) is 4.72 Å². The minimum absolute atomic E-state index is 0.108. The van der Waals surface area contributed by atoms with Crippen LogP contribution < -0.4 is 10.5 Å². The van der Waals surface area contributed by atoms with Crippen LogP contribution in [0.15, 0.2) is 11.0 Å². The number of sulfonamides is 1. The zero-order chi connectivity index (χ0) is 14.8. The first kappa shape index (κ1) is 15.9. The predicted octanol–water partition coefficient (Wildman–Crippen LogP) is -0.174. The van der Waals surface area contributed by atoms with E-state index < -0.39 is 29.3 Å². The first-order valence-electron chi connectivity index (χ1n) is 5.85. The molecule has 5 N–H and O–H groups in total. The van der Waals surface area contributed by atoms with Crippen molar-refractivity contribution in [3.63, 3.8) is 0 Å². The van der Waals surface area contributed by atoms with Crippen LogP contribution in [-0.4, -0.2) is 37.9 Å². The Labute approximate surface area is 113 Å². The summed E-state index contributed by atoms with van der Waals surface area (Å²) in [6.45, 7) is 4.15. The van der Waals surface area contributed by atoms with Crippen LogP contribution in [0, 0.1) is 20.8 Å². The predicted molar refractivity (Wildman–Crippen MR) is 73.3 cm³/mol. The summed E-state index contributed by atoms with van der Waals surface area (Å²) < 4.78 is 26.9. The molecule has 0 aromatic heterocycles. The number of nitrogens with two attached hydrogens (primary N) is 1. The Morgan fingerprint density at radius 3 is 2.21 bits per heavy atom. The van der Waals surface area contributed by atoms with Crippen molar-refractivity contribution in [1.29, 1.82) is 0 Å². The van der Waals surface area contributed by atoms with Gasteiger partial charge >= 0.3 is 0 Å². The van der Waals surface area contributed by atoms with Crippen LogP contribution in [0.3, 0.4) is 0 Å². The van der Waals surface area contributed by atoms with Gasteiger partial charge in [-0.15, -0.1) is 0 Å². The largest absolute Gasteiger partial charge is 0.398 e. The van der Waals surface area contributed by atoms with Crippen molar-refractivity contribution in [2.24, 2.45) is 0 Å². The molecule has 0 radical (unpaired) electrons. The molecule has 0 bridgehead atoms. The molecule has 1 aromatic rings. The second-order valence-electron chi connectivity index (χ2n) is 4.55. The number of nitrogens with one attached hydrogen (secondary N) is 1. The molecule has 0 spiro atoms. The molecule has 1 rings (SSSR count). The van der Waals surface area contributed by atoms with Gasteiger partial charge in [-0.3, -0.25) is 0 Å². The fourth-order valence-electron chi connectivity index (χ4n) is 1.85. The SMILES string of the molecule is Cc1cc(N)c(C)c(S(=O)(=O)NC(CO)CO)c1C. The molecule has 0 atom stereocenters. The number of anilines is 1. The van der Waals surface area contributed by atoms with E-state index in [1.807, 2.05) is 0 Å². The summed E-state index contributed by atoms with van der Waals surface area (Å²) in [5, 5.41) is 17.9. The molecular formula is C12H20N2O4S. The highest BCUT2D eigenvalue weighted by molar-refractivity contribution is 7.89. The molecule has 0 fully saturated rings. The van der Waals surface area contributed by atoms with Gasteiger partial charge in [-0.05, 0) is 43.5 Å². The summed E-state index contributed by atoms with van der Waals surface area (Å²) >= 11 is 0. The smallest absolute Gasteiger partial charge is 0.241 e. The lowest BCUT2D eigenvalue weighted by atomic mass is 10.1. The van der Waals surface area contributed by atoms with E-state index in [9.17, 15) is 8.42 Å². The van der Waals surface area contributed by atoms with E-state index in [4.69, 9.17) is 15.9 Å². The van der Waals surface area contributed by atoms with Gasteiger partial charge in [0.25, 0.3) is 0 Å². The maximum absolute atomic E-state index is 12.3. The van der Waals surface area contributed by atoms with E-state index in [1.165, 1.54) is 0 Å². The van der Waals surface area contributed by atoms with Gasteiger partial charge in [0.1, 0.15) is 0 Å². The van der Waals surface area contributed by atoms with E-state index >= 15 is 0 Å². The van der Waals surface area contributed by atoms with Crippen LogP contribution in [0.25, 0.3) is 0 Å². The Balaban J connectivity index is 3.37. The van der Waals surface area contributed by atoms with E-state index in [-0.39, 0.29) is 4.90 Å². The maximum Gasteiger partial charge on any atom is 0.241 e. The number of rotatable bonds is 5. The summed E-state index contributed by atoms with van der Waals surface area (Å²) in [7, 11) is -3.84. The standard InChI is InChI=1S/C12H20N2O4S/c1-7-4-11(13)9(3)12(8(7)2)19(17,18)14-10(5-15)6-16/h4,10,14-16H,5-6,13H2,1-3H3. The van der Waals surface area contributed by atoms with Gasteiger partial charge in [0, 0.05) is 5.69 Å². The molecule has 0 aliphatic heterocycles. The quantitative estimate of drug-likeness (QED) is 0.562. The van der Waals surface area contributed by atoms with Crippen molar-refractivity contribution in [2.45, 2.75) is 31.7 Å². The Kier molecular flexibility index (Phi) is 4.92. The fraction of sp³-hybridized carbons (Fsp3) is 0.500. The molecule has 19 heavy (non-hydrogen) atoms. The molecule has 6 nitrogen and oxygen atoms in total. The van der Waals surface area contributed by atoms with Gasteiger partial charge in [-0.2, -0.15) is 0 Å². The molecular weight excluding hydrogens is 268 g/mol.